The van der Waals surface area contributed by atoms with Crippen LogP contribution in [0.25, 0.3) is 6.08 Å². The molecule has 3 N–H and O–H groups in total. The quantitative estimate of drug-likeness (QED) is 0.707. The average Bonchev–Trinajstić information content (AvgIpc) is 2.91. The Morgan fingerprint density at radius 1 is 1.13 bits per heavy atom. The summed E-state index contributed by atoms with van der Waals surface area (Å²) >= 11 is 0. The lowest BCUT2D eigenvalue weighted by Gasteiger charge is -2.23. The van der Waals surface area contributed by atoms with Crippen molar-refractivity contribution in [3.8, 4) is 0 Å². The molecule has 1 saturated carbocycles. The minimum atomic E-state index is -0.0694. The summed E-state index contributed by atoms with van der Waals surface area (Å²) in [6, 6.07) is 5.71. The van der Waals surface area contributed by atoms with E-state index in [1.54, 1.807) is 6.07 Å². The minimum Gasteiger partial charge on any atom is -0.387 e. The van der Waals surface area contributed by atoms with Crippen molar-refractivity contribution in [3.05, 3.63) is 34.9 Å². The van der Waals surface area contributed by atoms with Crippen LogP contribution in [-0.2, 0) is 4.79 Å². The SMILES string of the molecule is CCCN(CCC)C(=O)C1=Cc2ccc(C(=O)NC3CCCCC3)cc2N=C(N)C1. The molecule has 0 bridgehead atoms. The molecule has 162 valence electrons. The van der Waals surface area contributed by atoms with Crippen molar-refractivity contribution in [2.24, 2.45) is 10.7 Å². The lowest BCUT2D eigenvalue weighted by Crippen LogP contribution is -2.36. The van der Waals surface area contributed by atoms with Gasteiger partial charge < -0.3 is 16.0 Å². The number of aliphatic imine (C=N–C) groups is 1. The second-order valence-corrected chi connectivity index (χ2v) is 8.32. The van der Waals surface area contributed by atoms with Gasteiger partial charge >= 0.3 is 0 Å². The third-order valence-electron chi connectivity index (χ3n) is 5.75. The van der Waals surface area contributed by atoms with Crippen LogP contribution < -0.4 is 11.1 Å². The molecular weight excluding hydrogens is 376 g/mol. The second kappa shape index (κ2) is 10.4. The van der Waals surface area contributed by atoms with Gasteiger partial charge in [-0.3, -0.25) is 9.59 Å². The molecule has 1 aliphatic heterocycles. The summed E-state index contributed by atoms with van der Waals surface area (Å²) in [7, 11) is 0. The van der Waals surface area contributed by atoms with Crippen molar-refractivity contribution >= 4 is 29.4 Å². The zero-order chi connectivity index (χ0) is 21.5. The van der Waals surface area contributed by atoms with Crippen molar-refractivity contribution in [1.29, 1.82) is 0 Å². The fourth-order valence-electron chi connectivity index (χ4n) is 4.24. The lowest BCUT2D eigenvalue weighted by molar-refractivity contribution is -0.127. The van der Waals surface area contributed by atoms with Crippen molar-refractivity contribution in [2.75, 3.05) is 13.1 Å². The predicted molar refractivity (Wildman–Crippen MR) is 122 cm³/mol. The van der Waals surface area contributed by atoms with Gasteiger partial charge in [-0.15, -0.1) is 0 Å². The van der Waals surface area contributed by atoms with E-state index in [4.69, 9.17) is 5.73 Å². The summed E-state index contributed by atoms with van der Waals surface area (Å²) < 4.78 is 0. The van der Waals surface area contributed by atoms with E-state index in [1.807, 2.05) is 23.1 Å². The van der Waals surface area contributed by atoms with Crippen molar-refractivity contribution in [3.63, 3.8) is 0 Å². The van der Waals surface area contributed by atoms with Crippen LogP contribution in [-0.4, -0.2) is 41.7 Å². The Labute approximate surface area is 179 Å². The van der Waals surface area contributed by atoms with Gasteiger partial charge in [0.05, 0.1) is 5.69 Å². The molecule has 1 aliphatic carbocycles. The molecule has 0 aromatic heterocycles. The summed E-state index contributed by atoms with van der Waals surface area (Å²) in [4.78, 5) is 32.2. The Morgan fingerprint density at radius 2 is 1.83 bits per heavy atom. The van der Waals surface area contributed by atoms with Crippen LogP contribution in [0.2, 0.25) is 0 Å². The molecular formula is C24H34N4O2. The van der Waals surface area contributed by atoms with Crippen LogP contribution in [0.5, 0.6) is 0 Å². The molecule has 2 amide bonds. The number of amides is 2. The number of benzene rings is 1. The van der Waals surface area contributed by atoms with Crippen LogP contribution in [0.1, 0.15) is 81.1 Å². The monoisotopic (exact) mass is 410 g/mol. The number of carbonyl (C=O) groups is 2. The molecule has 3 rings (SSSR count). The summed E-state index contributed by atoms with van der Waals surface area (Å²) in [6.45, 7) is 5.60. The molecule has 6 heteroatoms. The summed E-state index contributed by atoms with van der Waals surface area (Å²) in [5, 5.41) is 3.14. The molecule has 0 radical (unpaired) electrons. The Morgan fingerprint density at radius 3 is 2.50 bits per heavy atom. The van der Waals surface area contributed by atoms with Crippen LogP contribution in [0.15, 0.2) is 28.8 Å². The second-order valence-electron chi connectivity index (χ2n) is 8.32. The summed E-state index contributed by atoms with van der Waals surface area (Å²) in [6.07, 6.45) is 9.71. The van der Waals surface area contributed by atoms with Gasteiger partial charge in [0.1, 0.15) is 5.84 Å². The van der Waals surface area contributed by atoms with Gasteiger partial charge in [0.25, 0.3) is 5.91 Å². The molecule has 6 nitrogen and oxygen atoms in total. The number of hydrogen-bond acceptors (Lipinski definition) is 4. The summed E-state index contributed by atoms with van der Waals surface area (Å²) in [5.41, 5.74) is 8.83. The van der Waals surface area contributed by atoms with Crippen molar-refractivity contribution in [1.82, 2.24) is 10.2 Å². The maximum absolute atomic E-state index is 13.1. The molecule has 2 aliphatic rings. The Balaban J connectivity index is 1.82. The molecule has 1 fully saturated rings. The number of carbonyl (C=O) groups excluding carboxylic acids is 2. The lowest BCUT2D eigenvalue weighted by atomic mass is 9.95. The number of nitrogens with two attached hydrogens (primary N) is 1. The first-order valence-corrected chi connectivity index (χ1v) is 11.3. The average molecular weight is 411 g/mol. The fourth-order valence-corrected chi connectivity index (χ4v) is 4.24. The highest BCUT2D eigenvalue weighted by atomic mass is 16.2. The van der Waals surface area contributed by atoms with Gasteiger partial charge in [-0.25, -0.2) is 4.99 Å². The maximum atomic E-state index is 13.1. The highest BCUT2D eigenvalue weighted by Gasteiger charge is 2.22. The Bertz CT molecular complexity index is 832. The van der Waals surface area contributed by atoms with Crippen molar-refractivity contribution in [2.45, 2.75) is 71.3 Å². The number of nitrogens with zero attached hydrogens (tertiary/aromatic N) is 2. The third-order valence-corrected chi connectivity index (χ3v) is 5.75. The van der Waals surface area contributed by atoms with Crippen LogP contribution in [0.4, 0.5) is 5.69 Å². The van der Waals surface area contributed by atoms with E-state index in [-0.39, 0.29) is 17.9 Å². The fraction of sp³-hybridized carbons (Fsp3) is 0.542. The number of rotatable bonds is 7. The first kappa shape index (κ1) is 22.1. The van der Waals surface area contributed by atoms with E-state index in [9.17, 15) is 9.59 Å². The van der Waals surface area contributed by atoms with Gasteiger partial charge in [0.15, 0.2) is 0 Å². The van der Waals surface area contributed by atoms with Gasteiger partial charge in [-0.1, -0.05) is 39.2 Å². The first-order chi connectivity index (χ1) is 14.5. The molecule has 1 aromatic carbocycles. The van der Waals surface area contributed by atoms with E-state index in [0.717, 1.165) is 44.3 Å². The molecule has 1 heterocycles. The number of hydrogen-bond donors (Lipinski definition) is 2. The molecule has 0 atom stereocenters. The minimum absolute atomic E-state index is 0.0174. The van der Waals surface area contributed by atoms with Crippen molar-refractivity contribution < 1.29 is 9.59 Å². The molecule has 0 spiro atoms. The number of nitrogens with one attached hydrogen (secondary N) is 1. The van der Waals surface area contributed by atoms with E-state index < -0.39 is 0 Å². The highest BCUT2D eigenvalue weighted by Crippen LogP contribution is 2.29. The van der Waals surface area contributed by atoms with Gasteiger partial charge in [0.2, 0.25) is 5.91 Å². The Hall–Kier alpha value is -2.63. The largest absolute Gasteiger partial charge is 0.387 e. The standard InChI is InChI=1S/C24H34N4O2/c1-3-12-28(13-4-2)24(30)19-14-17-10-11-18(15-21(17)27-22(25)16-19)23(29)26-20-8-6-5-7-9-20/h10-11,14-15,20H,3-9,12-13,16H2,1-2H3,(H2,25,27)(H,26,29). The normalized spacial score (nSPS) is 16.7. The maximum Gasteiger partial charge on any atom is 0.251 e. The predicted octanol–water partition coefficient (Wildman–Crippen LogP) is 4.17. The first-order valence-electron chi connectivity index (χ1n) is 11.3. The summed E-state index contributed by atoms with van der Waals surface area (Å²) in [5.74, 6) is 0.343. The van der Waals surface area contributed by atoms with E-state index >= 15 is 0 Å². The zero-order valence-electron chi connectivity index (χ0n) is 18.2. The van der Waals surface area contributed by atoms with Crippen LogP contribution in [0, 0.1) is 0 Å². The number of amidine groups is 1. The molecule has 0 unspecified atom stereocenters. The molecule has 1 aromatic rings. The third kappa shape index (κ3) is 5.49. The zero-order valence-corrected chi connectivity index (χ0v) is 18.2. The number of fused-ring (bicyclic) bond motifs is 1. The molecule has 30 heavy (non-hydrogen) atoms. The topological polar surface area (TPSA) is 87.8 Å². The van der Waals surface area contributed by atoms with E-state index in [0.29, 0.717) is 29.1 Å². The Kier molecular flexibility index (Phi) is 7.66. The smallest absolute Gasteiger partial charge is 0.251 e. The van der Waals surface area contributed by atoms with Crippen LogP contribution >= 0.6 is 0 Å². The van der Waals surface area contributed by atoms with Gasteiger partial charge in [-0.2, -0.15) is 0 Å². The van der Waals surface area contributed by atoms with E-state index in [2.05, 4.69) is 24.2 Å². The van der Waals surface area contributed by atoms with E-state index in [1.165, 1.54) is 19.3 Å². The van der Waals surface area contributed by atoms with Gasteiger partial charge in [0, 0.05) is 42.3 Å². The van der Waals surface area contributed by atoms with Crippen LogP contribution in [0.3, 0.4) is 0 Å². The molecule has 0 saturated heterocycles. The van der Waals surface area contributed by atoms with Gasteiger partial charge in [-0.05, 0) is 43.9 Å². The highest BCUT2D eigenvalue weighted by molar-refractivity contribution is 6.06.